The second kappa shape index (κ2) is 11.3. The number of hydrogen-bond donors (Lipinski definition) is 0. The monoisotopic (exact) mass is 449 g/mol. The van der Waals surface area contributed by atoms with Crippen LogP contribution in [0.2, 0.25) is 0 Å². The van der Waals surface area contributed by atoms with Crippen LogP contribution in [-0.4, -0.2) is 0 Å². The second-order valence-electron chi connectivity index (χ2n) is 9.37. The Kier molecular flexibility index (Phi) is 8.22. The molecular weight excluding hydrogens is 414 g/mol. The maximum absolute atomic E-state index is 8.98. The van der Waals surface area contributed by atoms with Crippen molar-refractivity contribution in [3.8, 4) is 16.5 Å². The van der Waals surface area contributed by atoms with E-state index in [2.05, 4.69) is 37.3 Å². The summed E-state index contributed by atoms with van der Waals surface area (Å²) in [5.74, 6) is 1.97. The van der Waals surface area contributed by atoms with E-state index >= 15 is 0 Å². The molecule has 0 bridgehead atoms. The number of nitrogens with zero attached hydrogens (tertiary/aromatic N) is 1. The molecule has 2 heterocycles. The summed E-state index contributed by atoms with van der Waals surface area (Å²) < 4.78 is 2.84. The molecule has 1 aliphatic rings. The van der Waals surface area contributed by atoms with Crippen molar-refractivity contribution in [3.05, 3.63) is 46.8 Å². The van der Waals surface area contributed by atoms with Gasteiger partial charge in [0.25, 0.3) is 0 Å². The van der Waals surface area contributed by atoms with Gasteiger partial charge in [-0.15, -0.1) is 22.7 Å². The summed E-state index contributed by atoms with van der Waals surface area (Å²) >= 11 is 3.87. The van der Waals surface area contributed by atoms with Crippen LogP contribution in [0.4, 0.5) is 0 Å². The highest BCUT2D eigenvalue weighted by atomic mass is 32.1. The third-order valence-corrected chi connectivity index (χ3v) is 9.44. The Morgan fingerprint density at radius 1 is 0.839 bits per heavy atom. The molecular formula is C28H35NS2. The number of fused-ring (bicyclic) bond motifs is 1. The lowest BCUT2D eigenvalue weighted by Crippen LogP contribution is -2.15. The van der Waals surface area contributed by atoms with E-state index in [9.17, 15) is 0 Å². The largest absolute Gasteiger partial charge is 0.192 e. The highest BCUT2D eigenvalue weighted by molar-refractivity contribution is 7.29. The lowest BCUT2D eigenvalue weighted by Gasteiger charge is -2.28. The minimum Gasteiger partial charge on any atom is -0.192 e. The maximum Gasteiger partial charge on any atom is 0.0991 e. The minimum atomic E-state index is 0.727. The van der Waals surface area contributed by atoms with Gasteiger partial charge in [-0.2, -0.15) is 5.26 Å². The van der Waals surface area contributed by atoms with Gasteiger partial charge in [0.15, 0.2) is 0 Å². The summed E-state index contributed by atoms with van der Waals surface area (Å²) in [5, 5.41) is 8.98. The van der Waals surface area contributed by atoms with Crippen molar-refractivity contribution in [3.63, 3.8) is 0 Å². The Balaban J connectivity index is 1.22. The summed E-state index contributed by atoms with van der Waals surface area (Å²) in [7, 11) is 0. The van der Waals surface area contributed by atoms with Crippen molar-refractivity contribution in [2.24, 2.45) is 11.8 Å². The number of aryl methyl sites for hydroxylation is 1. The third kappa shape index (κ3) is 6.21. The van der Waals surface area contributed by atoms with Crippen molar-refractivity contribution in [2.45, 2.75) is 84.0 Å². The van der Waals surface area contributed by atoms with Gasteiger partial charge < -0.3 is 0 Å². The highest BCUT2D eigenvalue weighted by Gasteiger charge is 2.21. The first-order valence-electron chi connectivity index (χ1n) is 12.3. The van der Waals surface area contributed by atoms with E-state index in [1.165, 1.54) is 96.9 Å². The van der Waals surface area contributed by atoms with Crippen LogP contribution in [0.1, 0.15) is 88.0 Å². The first-order valence-corrected chi connectivity index (χ1v) is 13.9. The molecule has 3 heteroatoms. The van der Waals surface area contributed by atoms with Crippen molar-refractivity contribution in [1.29, 1.82) is 5.26 Å². The molecule has 164 valence electrons. The molecule has 2 aromatic heterocycles. The zero-order valence-corrected chi connectivity index (χ0v) is 20.5. The molecule has 0 radical (unpaired) electrons. The van der Waals surface area contributed by atoms with Crippen molar-refractivity contribution < 1.29 is 0 Å². The number of rotatable bonds is 10. The van der Waals surface area contributed by atoms with Crippen LogP contribution >= 0.6 is 22.7 Å². The van der Waals surface area contributed by atoms with Gasteiger partial charge in [-0.25, -0.2) is 0 Å². The Morgan fingerprint density at radius 2 is 1.52 bits per heavy atom. The average molecular weight is 450 g/mol. The first kappa shape index (κ1) is 22.6. The van der Waals surface area contributed by atoms with Crippen LogP contribution in [0.25, 0.3) is 19.8 Å². The van der Waals surface area contributed by atoms with Gasteiger partial charge in [-0.3, -0.25) is 0 Å². The van der Waals surface area contributed by atoms with Crippen LogP contribution in [0.5, 0.6) is 0 Å². The lowest BCUT2D eigenvalue weighted by atomic mass is 9.78. The molecule has 31 heavy (non-hydrogen) atoms. The normalized spacial score (nSPS) is 19.0. The minimum absolute atomic E-state index is 0.727. The van der Waals surface area contributed by atoms with Crippen LogP contribution in [0, 0.1) is 23.2 Å². The molecule has 1 aromatic carbocycles. The number of nitriles is 1. The molecule has 0 amide bonds. The molecule has 1 fully saturated rings. The maximum atomic E-state index is 8.98. The number of hydrogen-bond acceptors (Lipinski definition) is 3. The summed E-state index contributed by atoms with van der Waals surface area (Å²) in [6, 6.07) is 14.9. The fraction of sp³-hybridized carbons (Fsp3) is 0.536. The Morgan fingerprint density at radius 3 is 2.19 bits per heavy atom. The smallest absolute Gasteiger partial charge is 0.0991 e. The van der Waals surface area contributed by atoms with Gasteiger partial charge in [0.05, 0.1) is 11.6 Å². The zero-order chi connectivity index (χ0) is 21.5. The van der Waals surface area contributed by atoms with Gasteiger partial charge in [-0.05, 0) is 54.5 Å². The first-order chi connectivity index (χ1) is 15.2. The standard InChI is InChI=1S/C28H35NS2/c1-2-3-4-5-6-7-21-8-10-22(11-9-21)14-17-25-18-27-28(30-25)19-26(31-27)24-15-12-23(20-29)13-16-24/h12-13,15-16,18-19,21-22H,2-11,14,17H2,1H3/t21-,22-. The molecule has 1 aliphatic carbocycles. The Labute approximate surface area is 196 Å². The summed E-state index contributed by atoms with van der Waals surface area (Å²) in [6.45, 7) is 2.30. The van der Waals surface area contributed by atoms with E-state index in [-0.39, 0.29) is 0 Å². The van der Waals surface area contributed by atoms with Crippen molar-refractivity contribution in [1.82, 2.24) is 0 Å². The number of benzene rings is 1. The number of unbranched alkanes of at least 4 members (excludes halogenated alkanes) is 4. The van der Waals surface area contributed by atoms with Crippen LogP contribution in [-0.2, 0) is 6.42 Å². The topological polar surface area (TPSA) is 23.8 Å². The van der Waals surface area contributed by atoms with E-state index in [1.54, 1.807) is 4.88 Å². The molecule has 0 spiro atoms. The Bertz CT molecular complexity index is 949. The lowest BCUT2D eigenvalue weighted by molar-refractivity contribution is 0.249. The fourth-order valence-corrected chi connectivity index (χ4v) is 7.49. The quantitative estimate of drug-likeness (QED) is 0.283. The molecule has 0 N–H and O–H groups in total. The Hall–Kier alpha value is -1.63. The predicted molar refractivity (Wildman–Crippen MR) is 137 cm³/mol. The van der Waals surface area contributed by atoms with Gasteiger partial charge in [0.1, 0.15) is 0 Å². The van der Waals surface area contributed by atoms with Gasteiger partial charge >= 0.3 is 0 Å². The van der Waals surface area contributed by atoms with Crippen LogP contribution < -0.4 is 0 Å². The average Bonchev–Trinajstić information content (AvgIpc) is 3.37. The van der Waals surface area contributed by atoms with Crippen LogP contribution in [0.3, 0.4) is 0 Å². The highest BCUT2D eigenvalue weighted by Crippen LogP contribution is 2.40. The zero-order valence-electron chi connectivity index (χ0n) is 18.9. The van der Waals surface area contributed by atoms with Gasteiger partial charge in [0, 0.05) is 19.2 Å². The molecule has 3 aromatic rings. The van der Waals surface area contributed by atoms with E-state index in [0.717, 1.165) is 17.4 Å². The predicted octanol–water partition coefficient (Wildman–Crippen LogP) is 9.60. The second-order valence-corrected chi connectivity index (χ2v) is 11.6. The third-order valence-electron chi connectivity index (χ3n) is 7.04. The SMILES string of the molecule is CCCCCCC[C@H]1CC[C@H](CCc2cc3sc(-c4ccc(C#N)cc4)cc3s2)CC1. The molecule has 4 rings (SSSR count). The van der Waals surface area contributed by atoms with E-state index in [4.69, 9.17) is 5.26 Å². The summed E-state index contributed by atoms with van der Waals surface area (Å²) in [6.07, 6.45) is 17.1. The summed E-state index contributed by atoms with van der Waals surface area (Å²) in [4.78, 5) is 2.87. The summed E-state index contributed by atoms with van der Waals surface area (Å²) in [5.41, 5.74) is 1.95. The van der Waals surface area contributed by atoms with E-state index in [1.807, 2.05) is 34.8 Å². The fourth-order valence-electron chi connectivity index (χ4n) is 5.05. The van der Waals surface area contributed by atoms with Gasteiger partial charge in [0.2, 0.25) is 0 Å². The molecule has 0 unspecified atom stereocenters. The molecule has 1 nitrogen and oxygen atoms in total. The van der Waals surface area contributed by atoms with Crippen molar-refractivity contribution >= 4 is 32.1 Å². The van der Waals surface area contributed by atoms with Crippen LogP contribution in [0.15, 0.2) is 36.4 Å². The molecule has 0 aliphatic heterocycles. The molecule has 1 saturated carbocycles. The van der Waals surface area contributed by atoms with Gasteiger partial charge in [-0.1, -0.05) is 83.3 Å². The molecule has 0 atom stereocenters. The van der Waals surface area contributed by atoms with Crippen molar-refractivity contribution in [2.75, 3.05) is 0 Å². The van der Waals surface area contributed by atoms with E-state index in [0.29, 0.717) is 0 Å². The molecule has 0 saturated heterocycles. The van der Waals surface area contributed by atoms with E-state index < -0.39 is 0 Å². The number of thiophene rings is 2.